The number of hydrogen-bond donors (Lipinski definition) is 1. The van der Waals surface area contributed by atoms with Crippen molar-refractivity contribution in [2.45, 2.75) is 26.4 Å². The fourth-order valence-electron chi connectivity index (χ4n) is 5.08. The monoisotopic (exact) mass is 592 g/mol. The number of pyridine rings is 2. The average Bonchev–Trinajstić information content (AvgIpc) is 3.45. The van der Waals surface area contributed by atoms with Crippen LogP contribution in [0.3, 0.4) is 0 Å². The average molecular weight is 593 g/mol. The number of aliphatic hydroxyl groups is 1. The van der Waals surface area contributed by atoms with Crippen molar-refractivity contribution in [1.29, 1.82) is 0 Å². The van der Waals surface area contributed by atoms with Crippen molar-refractivity contribution in [3.05, 3.63) is 142 Å². The molecule has 0 fully saturated rings. The molecule has 0 radical (unpaired) electrons. The minimum absolute atomic E-state index is 0.0210. The van der Waals surface area contributed by atoms with Crippen LogP contribution in [0.25, 0.3) is 22.3 Å². The lowest BCUT2D eigenvalue weighted by molar-refractivity contribution is 0.0990. The molecule has 10 heteroatoms. The number of aliphatic hydroxyl groups excluding tert-OH is 1. The lowest BCUT2D eigenvalue weighted by atomic mass is 10.0. The van der Waals surface area contributed by atoms with Crippen molar-refractivity contribution < 1.29 is 23.4 Å². The number of carbonyl (C=O) groups is 1. The summed E-state index contributed by atoms with van der Waals surface area (Å²) >= 11 is 0. The summed E-state index contributed by atoms with van der Waals surface area (Å²) in [5, 5.41) is 14.3. The number of hydrogen-bond acceptors (Lipinski definition) is 6. The quantitative estimate of drug-likeness (QED) is 0.205. The maximum atomic E-state index is 15.4. The van der Waals surface area contributed by atoms with E-state index in [1.54, 1.807) is 61.1 Å². The van der Waals surface area contributed by atoms with Crippen molar-refractivity contribution in [2.75, 3.05) is 0 Å². The van der Waals surface area contributed by atoms with Crippen LogP contribution < -0.4 is 10.3 Å². The van der Waals surface area contributed by atoms with Gasteiger partial charge in [-0.2, -0.15) is 5.10 Å². The fraction of sp³-hybridized carbons (Fsp3) is 0.118. The van der Waals surface area contributed by atoms with Gasteiger partial charge in [-0.05, 0) is 91.2 Å². The van der Waals surface area contributed by atoms with E-state index in [2.05, 4.69) is 10.1 Å². The second kappa shape index (κ2) is 11.7. The van der Waals surface area contributed by atoms with Gasteiger partial charge >= 0.3 is 0 Å². The van der Waals surface area contributed by atoms with Crippen molar-refractivity contribution in [3.63, 3.8) is 0 Å². The number of benzene rings is 2. The number of carbonyl (C=O) groups excluding carboxylic acids is 1. The number of aryl methyl sites for hydroxylation is 1. The van der Waals surface area contributed by atoms with Crippen molar-refractivity contribution in [2.24, 2.45) is 0 Å². The topological polar surface area (TPSA) is 98.7 Å². The Kier molecular flexibility index (Phi) is 7.59. The van der Waals surface area contributed by atoms with Gasteiger partial charge < -0.3 is 9.84 Å². The van der Waals surface area contributed by atoms with Gasteiger partial charge in [0.15, 0.2) is 23.1 Å². The zero-order valence-corrected chi connectivity index (χ0v) is 23.7. The highest BCUT2D eigenvalue weighted by molar-refractivity contribution is 5.98. The molecule has 1 N–H and O–H groups in total. The van der Waals surface area contributed by atoms with Gasteiger partial charge in [-0.25, -0.2) is 13.3 Å². The minimum atomic E-state index is -0.751. The number of ketones is 1. The number of rotatable bonds is 8. The number of aromatic nitrogens is 4. The summed E-state index contributed by atoms with van der Waals surface area (Å²) in [6.07, 6.45) is 5.45. The molecular formula is C34H26F2N4O4. The molecule has 0 bridgehead atoms. The fourth-order valence-corrected chi connectivity index (χ4v) is 5.08. The highest BCUT2D eigenvalue weighted by Gasteiger charge is 2.19. The predicted octanol–water partition coefficient (Wildman–Crippen LogP) is 6.40. The number of ether oxygens (including phenoxy) is 1. The molecule has 0 saturated carbocycles. The third kappa shape index (κ3) is 5.50. The van der Waals surface area contributed by atoms with Gasteiger partial charge in [-0.1, -0.05) is 6.07 Å². The molecule has 220 valence electrons. The molecule has 44 heavy (non-hydrogen) atoms. The standard InChI is InChI=1S/C34H26F2N4O4/c1-20-11-15-39(25-6-4-24(35)5-7-25)34(43)32(20)29(42)18-22-3-8-30(27(36)17-22)44-31-10-14-38-40-16-12-26(33(31)40)23-9-13-37-28(19-23)21(2)41/h3-17,19,21,41H,18H2,1-2H3. The smallest absolute Gasteiger partial charge is 0.266 e. The van der Waals surface area contributed by atoms with E-state index in [0.717, 1.165) is 11.1 Å². The van der Waals surface area contributed by atoms with Crippen molar-refractivity contribution >= 4 is 11.3 Å². The molecular weight excluding hydrogens is 566 g/mol. The third-order valence-electron chi connectivity index (χ3n) is 7.30. The maximum absolute atomic E-state index is 15.4. The summed E-state index contributed by atoms with van der Waals surface area (Å²) in [7, 11) is 0. The molecule has 0 aliphatic rings. The summed E-state index contributed by atoms with van der Waals surface area (Å²) in [6.45, 7) is 3.29. The SMILES string of the molecule is Cc1ccn(-c2ccc(F)cc2)c(=O)c1C(=O)Cc1ccc(Oc2ccnn3ccc(-c4ccnc(C(C)O)c4)c23)c(F)c1. The van der Waals surface area contributed by atoms with Crippen LogP contribution in [0.5, 0.6) is 11.5 Å². The van der Waals surface area contributed by atoms with Gasteiger partial charge in [0, 0.05) is 42.3 Å². The van der Waals surface area contributed by atoms with E-state index in [4.69, 9.17) is 4.74 Å². The predicted molar refractivity (Wildman–Crippen MR) is 160 cm³/mol. The Morgan fingerprint density at radius 1 is 0.955 bits per heavy atom. The van der Waals surface area contributed by atoms with E-state index in [1.165, 1.54) is 53.4 Å². The highest BCUT2D eigenvalue weighted by Crippen LogP contribution is 2.35. The second-order valence-corrected chi connectivity index (χ2v) is 10.4. The molecule has 2 aromatic carbocycles. The maximum Gasteiger partial charge on any atom is 0.266 e. The molecule has 6 rings (SSSR count). The Morgan fingerprint density at radius 2 is 1.75 bits per heavy atom. The van der Waals surface area contributed by atoms with Crippen molar-refractivity contribution in [1.82, 2.24) is 19.2 Å². The van der Waals surface area contributed by atoms with E-state index in [0.29, 0.717) is 33.8 Å². The van der Waals surface area contributed by atoms with Crippen LogP contribution in [0.4, 0.5) is 8.78 Å². The number of fused-ring (bicyclic) bond motifs is 1. The van der Waals surface area contributed by atoms with Gasteiger partial charge in [0.2, 0.25) is 0 Å². The van der Waals surface area contributed by atoms with E-state index < -0.39 is 29.1 Å². The van der Waals surface area contributed by atoms with Crippen LogP contribution in [-0.2, 0) is 6.42 Å². The first-order chi connectivity index (χ1) is 21.2. The van der Waals surface area contributed by atoms with E-state index in [-0.39, 0.29) is 17.7 Å². The van der Waals surface area contributed by atoms with Crippen LogP contribution in [0.2, 0.25) is 0 Å². The van der Waals surface area contributed by atoms with Crippen LogP contribution in [0.15, 0.2) is 102 Å². The Hall–Kier alpha value is -5.48. The highest BCUT2D eigenvalue weighted by atomic mass is 19.1. The van der Waals surface area contributed by atoms with Gasteiger partial charge in [0.05, 0.1) is 23.6 Å². The summed E-state index contributed by atoms with van der Waals surface area (Å²) in [4.78, 5) is 30.7. The Balaban J connectivity index is 1.27. The molecule has 0 aliphatic heterocycles. The van der Waals surface area contributed by atoms with Gasteiger partial charge in [0.25, 0.3) is 5.56 Å². The van der Waals surface area contributed by atoms with Gasteiger partial charge in [0.1, 0.15) is 11.3 Å². The molecule has 1 atom stereocenters. The first kappa shape index (κ1) is 28.6. The molecule has 6 aromatic rings. The van der Waals surface area contributed by atoms with E-state index in [9.17, 15) is 19.1 Å². The van der Waals surface area contributed by atoms with Crippen LogP contribution in [0.1, 0.15) is 40.2 Å². The Bertz CT molecular complexity index is 2080. The third-order valence-corrected chi connectivity index (χ3v) is 7.30. The van der Waals surface area contributed by atoms with Gasteiger partial charge in [-0.15, -0.1) is 0 Å². The summed E-state index contributed by atoms with van der Waals surface area (Å²) < 4.78 is 37.6. The van der Waals surface area contributed by atoms with Gasteiger partial charge in [-0.3, -0.25) is 19.1 Å². The number of nitrogens with zero attached hydrogens (tertiary/aromatic N) is 4. The molecule has 8 nitrogen and oxygen atoms in total. The van der Waals surface area contributed by atoms with E-state index in [1.807, 2.05) is 6.07 Å². The molecule has 4 aromatic heterocycles. The molecule has 0 saturated heterocycles. The molecule has 1 unspecified atom stereocenters. The summed E-state index contributed by atoms with van der Waals surface area (Å²) in [5.74, 6) is -1.32. The first-order valence-corrected chi connectivity index (χ1v) is 13.8. The summed E-state index contributed by atoms with van der Waals surface area (Å²) in [5.41, 5.74) is 3.33. The van der Waals surface area contributed by atoms with Crippen LogP contribution in [-0.4, -0.2) is 30.1 Å². The Morgan fingerprint density at radius 3 is 2.50 bits per heavy atom. The second-order valence-electron chi connectivity index (χ2n) is 10.4. The minimum Gasteiger partial charge on any atom is -0.452 e. The zero-order valence-electron chi connectivity index (χ0n) is 23.7. The number of halogens is 2. The largest absolute Gasteiger partial charge is 0.452 e. The lowest BCUT2D eigenvalue weighted by Crippen LogP contribution is -2.27. The van der Waals surface area contributed by atoms with Crippen LogP contribution >= 0.6 is 0 Å². The molecule has 0 amide bonds. The Labute approximate surface area is 250 Å². The first-order valence-electron chi connectivity index (χ1n) is 13.8. The lowest BCUT2D eigenvalue weighted by Gasteiger charge is -2.12. The van der Waals surface area contributed by atoms with E-state index >= 15 is 4.39 Å². The molecule has 0 aliphatic carbocycles. The summed E-state index contributed by atoms with van der Waals surface area (Å²) in [6, 6.07) is 18.3. The van der Waals surface area contributed by atoms with Crippen molar-refractivity contribution in [3.8, 4) is 28.3 Å². The zero-order chi connectivity index (χ0) is 31.0. The molecule has 4 heterocycles. The van der Waals surface area contributed by atoms with Crippen LogP contribution in [0, 0.1) is 18.6 Å². The number of Topliss-reactive ketones (excluding diaryl/α,β-unsaturated/α-hetero) is 1. The normalized spacial score (nSPS) is 11.9. The molecule has 0 spiro atoms.